The number of alkyl halides is 3. The molecule has 238 valence electrons. The van der Waals surface area contributed by atoms with Crippen LogP contribution in [0.15, 0.2) is 42.5 Å². The minimum atomic E-state index is -4.42. The summed E-state index contributed by atoms with van der Waals surface area (Å²) in [5, 5.41) is 0.623. The van der Waals surface area contributed by atoms with Crippen molar-refractivity contribution < 1.29 is 27.6 Å². The van der Waals surface area contributed by atoms with E-state index < -0.39 is 11.7 Å². The van der Waals surface area contributed by atoms with Gasteiger partial charge in [0, 0.05) is 73.8 Å². The van der Waals surface area contributed by atoms with Crippen molar-refractivity contribution in [1.29, 1.82) is 0 Å². The molecule has 10 heteroatoms. The number of benzene rings is 2. The number of halogens is 4. The summed E-state index contributed by atoms with van der Waals surface area (Å²) in [5.74, 6) is 0.0978. The number of nitrogens with zero attached hydrogens (tertiary/aromatic N) is 3. The number of Topliss-reactive ketones (excluding diaryl/α,β-unsaturated/α-hetero) is 1. The first-order valence-corrected chi connectivity index (χ1v) is 16.1. The minimum absolute atomic E-state index is 0.0421. The second kappa shape index (κ2) is 13.6. The standard InChI is InChI=1S/C34H41ClF3N3O3/c1-22-4-9-30(21-31(22)35)41(33(44)26-12-16-39(17-13-26)23(2)42)15-3-14-40-28-10-11-29(40)19-24(18-28)20-32(43)25-5-7-27(8-6-25)34(36,37)38/h4-9,21,24,26,28-29H,3,10-20H2,1-2H3. The monoisotopic (exact) mass is 631 g/mol. The number of hydrogen-bond acceptors (Lipinski definition) is 4. The van der Waals surface area contributed by atoms with E-state index in [9.17, 15) is 27.6 Å². The number of ketones is 1. The van der Waals surface area contributed by atoms with E-state index in [1.54, 1.807) is 11.8 Å². The molecule has 0 radical (unpaired) electrons. The molecule has 2 aromatic carbocycles. The number of anilines is 1. The first-order valence-electron chi connectivity index (χ1n) is 15.7. The predicted octanol–water partition coefficient (Wildman–Crippen LogP) is 7.16. The van der Waals surface area contributed by atoms with Gasteiger partial charge in [-0.15, -0.1) is 0 Å². The number of rotatable bonds is 9. The van der Waals surface area contributed by atoms with Gasteiger partial charge >= 0.3 is 6.18 Å². The Kier molecular flexibility index (Phi) is 10.0. The van der Waals surface area contributed by atoms with Crippen LogP contribution < -0.4 is 4.90 Å². The van der Waals surface area contributed by atoms with Crippen molar-refractivity contribution >= 4 is 34.9 Å². The van der Waals surface area contributed by atoms with Crippen molar-refractivity contribution in [2.24, 2.45) is 11.8 Å². The van der Waals surface area contributed by atoms with Crippen molar-refractivity contribution in [1.82, 2.24) is 9.80 Å². The van der Waals surface area contributed by atoms with Gasteiger partial charge in [0.25, 0.3) is 0 Å². The average Bonchev–Trinajstić information content (AvgIpc) is 3.23. The van der Waals surface area contributed by atoms with E-state index in [0.717, 1.165) is 62.0 Å². The summed E-state index contributed by atoms with van der Waals surface area (Å²) >= 11 is 6.46. The Labute approximate surface area is 262 Å². The molecule has 3 aliphatic heterocycles. The Morgan fingerprint density at radius 2 is 1.59 bits per heavy atom. The van der Waals surface area contributed by atoms with Crippen LogP contribution in [0.1, 0.15) is 79.8 Å². The lowest BCUT2D eigenvalue weighted by Crippen LogP contribution is -2.46. The van der Waals surface area contributed by atoms with Gasteiger partial charge in [0.2, 0.25) is 11.8 Å². The zero-order chi connectivity index (χ0) is 31.6. The van der Waals surface area contributed by atoms with Crippen LogP contribution in [0, 0.1) is 18.8 Å². The molecule has 0 N–H and O–H groups in total. The first-order chi connectivity index (χ1) is 20.9. The smallest absolute Gasteiger partial charge is 0.343 e. The second-order valence-corrected chi connectivity index (χ2v) is 13.1. The normalized spacial score (nSPS) is 22.7. The molecule has 2 aromatic rings. The number of carbonyl (C=O) groups is 3. The Morgan fingerprint density at radius 1 is 0.955 bits per heavy atom. The lowest BCUT2D eigenvalue weighted by Gasteiger charge is -2.39. The highest BCUT2D eigenvalue weighted by atomic mass is 35.5. The van der Waals surface area contributed by atoms with Crippen molar-refractivity contribution in [3.63, 3.8) is 0 Å². The van der Waals surface area contributed by atoms with Crippen molar-refractivity contribution in [2.45, 2.75) is 83.5 Å². The number of amides is 2. The molecule has 6 nitrogen and oxygen atoms in total. The van der Waals surface area contributed by atoms with Crippen LogP contribution in [0.3, 0.4) is 0 Å². The maximum Gasteiger partial charge on any atom is 0.416 e. The molecule has 2 amide bonds. The quantitative estimate of drug-likeness (QED) is 0.276. The van der Waals surface area contributed by atoms with Gasteiger partial charge in [0.15, 0.2) is 5.78 Å². The number of aryl methyl sites for hydroxylation is 1. The molecule has 3 heterocycles. The first kappa shape index (κ1) is 32.5. The Balaban J connectivity index is 1.17. The van der Waals surface area contributed by atoms with Gasteiger partial charge < -0.3 is 9.80 Å². The van der Waals surface area contributed by atoms with Crippen LogP contribution in [0.25, 0.3) is 0 Å². The minimum Gasteiger partial charge on any atom is -0.343 e. The van der Waals surface area contributed by atoms with Crippen LogP contribution in [0.5, 0.6) is 0 Å². The van der Waals surface area contributed by atoms with Crippen LogP contribution in [-0.4, -0.2) is 65.7 Å². The molecule has 2 atom stereocenters. The lowest BCUT2D eigenvalue weighted by atomic mass is 9.85. The molecule has 5 rings (SSSR count). The van der Waals surface area contributed by atoms with E-state index in [2.05, 4.69) is 4.90 Å². The van der Waals surface area contributed by atoms with E-state index in [-0.39, 0.29) is 29.4 Å². The molecular formula is C34H41ClF3N3O3. The zero-order valence-corrected chi connectivity index (χ0v) is 26.2. The molecule has 3 aliphatic rings. The number of carbonyl (C=O) groups excluding carboxylic acids is 3. The summed E-state index contributed by atoms with van der Waals surface area (Å²) < 4.78 is 38.7. The van der Waals surface area contributed by atoms with Gasteiger partial charge in [-0.25, -0.2) is 0 Å². The molecule has 3 saturated heterocycles. The number of likely N-dealkylation sites (tertiary alicyclic amines) is 1. The highest BCUT2D eigenvalue weighted by Gasteiger charge is 2.41. The fraction of sp³-hybridized carbons (Fsp3) is 0.559. The van der Waals surface area contributed by atoms with Gasteiger partial charge in [-0.2, -0.15) is 13.2 Å². The molecule has 0 spiro atoms. The van der Waals surface area contributed by atoms with Crippen LogP contribution in [-0.2, 0) is 15.8 Å². The van der Waals surface area contributed by atoms with Crippen LogP contribution >= 0.6 is 11.6 Å². The van der Waals surface area contributed by atoms with E-state index in [1.807, 2.05) is 30.0 Å². The van der Waals surface area contributed by atoms with E-state index >= 15 is 0 Å². The highest BCUT2D eigenvalue weighted by Crippen LogP contribution is 2.40. The fourth-order valence-electron chi connectivity index (χ4n) is 7.33. The summed E-state index contributed by atoms with van der Waals surface area (Å²) in [6.07, 6.45) is 1.97. The average molecular weight is 632 g/mol. The summed E-state index contributed by atoms with van der Waals surface area (Å²) in [4.78, 5) is 44.7. The molecule has 0 aromatic heterocycles. The van der Waals surface area contributed by atoms with Crippen molar-refractivity contribution in [3.05, 3.63) is 64.2 Å². The summed E-state index contributed by atoms with van der Waals surface area (Å²) in [5.41, 5.74) is 1.34. The maximum absolute atomic E-state index is 13.8. The van der Waals surface area contributed by atoms with E-state index in [0.29, 0.717) is 61.6 Å². The van der Waals surface area contributed by atoms with Crippen LogP contribution in [0.2, 0.25) is 5.02 Å². The van der Waals surface area contributed by atoms with Crippen molar-refractivity contribution in [3.8, 4) is 0 Å². The topological polar surface area (TPSA) is 60.9 Å². The van der Waals surface area contributed by atoms with E-state index in [4.69, 9.17) is 11.6 Å². The van der Waals surface area contributed by atoms with Crippen LogP contribution in [0.4, 0.5) is 18.9 Å². The fourth-order valence-corrected chi connectivity index (χ4v) is 7.51. The van der Waals surface area contributed by atoms with Gasteiger partial charge in [-0.3, -0.25) is 19.3 Å². The summed E-state index contributed by atoms with van der Waals surface area (Å²) in [6.45, 7) is 6.10. The molecule has 2 bridgehead atoms. The van der Waals surface area contributed by atoms with Gasteiger partial charge in [0.1, 0.15) is 0 Å². The third-order valence-corrected chi connectivity index (χ3v) is 10.2. The maximum atomic E-state index is 13.8. The number of piperidine rings is 2. The van der Waals surface area contributed by atoms with Crippen molar-refractivity contribution in [2.75, 3.05) is 31.1 Å². The lowest BCUT2D eigenvalue weighted by molar-refractivity contribution is -0.137. The number of hydrogen-bond donors (Lipinski definition) is 0. The van der Waals surface area contributed by atoms with Gasteiger partial charge in [-0.05, 0) is 87.6 Å². The SMILES string of the molecule is CC(=O)N1CCC(C(=O)N(CCCN2C3CCC2CC(CC(=O)c2ccc(C(F)(F)F)cc2)C3)c2ccc(C)c(Cl)c2)CC1. The number of fused-ring (bicyclic) bond motifs is 2. The third-order valence-electron chi connectivity index (χ3n) is 9.81. The Bertz CT molecular complexity index is 1340. The molecule has 2 unspecified atom stereocenters. The third kappa shape index (κ3) is 7.48. The zero-order valence-electron chi connectivity index (χ0n) is 25.4. The Morgan fingerprint density at radius 3 is 2.16 bits per heavy atom. The molecular weight excluding hydrogens is 591 g/mol. The van der Waals surface area contributed by atoms with E-state index in [1.165, 1.54) is 12.1 Å². The Hall–Kier alpha value is -2.91. The predicted molar refractivity (Wildman–Crippen MR) is 165 cm³/mol. The molecule has 44 heavy (non-hydrogen) atoms. The molecule has 0 saturated carbocycles. The summed E-state index contributed by atoms with van der Waals surface area (Å²) in [6, 6.07) is 11.0. The van der Waals surface area contributed by atoms with Gasteiger partial charge in [0.05, 0.1) is 5.56 Å². The van der Waals surface area contributed by atoms with Gasteiger partial charge in [-0.1, -0.05) is 29.8 Å². The summed E-state index contributed by atoms with van der Waals surface area (Å²) in [7, 11) is 0. The second-order valence-electron chi connectivity index (χ2n) is 12.7. The molecule has 3 fully saturated rings. The highest BCUT2D eigenvalue weighted by molar-refractivity contribution is 6.31. The molecule has 0 aliphatic carbocycles. The largest absolute Gasteiger partial charge is 0.416 e.